The van der Waals surface area contributed by atoms with Gasteiger partial charge in [0.1, 0.15) is 12.4 Å². The number of carbonyl (C=O) groups is 3. The second-order valence-electron chi connectivity index (χ2n) is 7.44. The van der Waals surface area contributed by atoms with Gasteiger partial charge in [-0.25, -0.2) is 9.59 Å². The van der Waals surface area contributed by atoms with Crippen molar-refractivity contribution in [1.82, 2.24) is 4.90 Å². The molecule has 3 heterocycles. The van der Waals surface area contributed by atoms with E-state index in [1.165, 1.54) is 22.6 Å². The lowest BCUT2D eigenvalue weighted by Gasteiger charge is -2.28. The third kappa shape index (κ3) is 5.45. The quantitative estimate of drug-likeness (QED) is 0.526. The molecule has 0 saturated carbocycles. The van der Waals surface area contributed by atoms with Gasteiger partial charge in [0.25, 0.3) is 0 Å². The molecule has 174 valence electrons. The molecule has 0 aliphatic carbocycles. The molecule has 2 amide bonds. The molecule has 4 rings (SSSR count). The predicted molar refractivity (Wildman–Crippen MR) is 127 cm³/mol. The zero-order valence-electron chi connectivity index (χ0n) is 18.0. The van der Waals surface area contributed by atoms with E-state index in [1.54, 1.807) is 29.0 Å². The summed E-state index contributed by atoms with van der Waals surface area (Å²) in [5.41, 5.74) is 1.54. The fourth-order valence-corrected chi connectivity index (χ4v) is 4.56. The lowest BCUT2D eigenvalue weighted by molar-refractivity contribution is 0.0943. The lowest BCUT2D eigenvalue weighted by Crippen LogP contribution is -2.41. The number of benzene rings is 1. The Bertz CT molecular complexity index is 1060. The molecule has 1 saturated heterocycles. The summed E-state index contributed by atoms with van der Waals surface area (Å²) >= 11 is 7.14. The van der Waals surface area contributed by atoms with Crippen LogP contribution in [0.4, 0.5) is 21.0 Å². The summed E-state index contributed by atoms with van der Waals surface area (Å²) in [4.78, 5) is 40.0. The monoisotopic (exact) mass is 490 g/mol. The Balaban J connectivity index is 1.31. The van der Waals surface area contributed by atoms with Gasteiger partial charge in [-0.05, 0) is 49.7 Å². The minimum absolute atomic E-state index is 0.00522. The molecule has 2 aliphatic rings. The van der Waals surface area contributed by atoms with Crippen LogP contribution in [0.5, 0.6) is 0 Å². The minimum Gasteiger partial charge on any atom is -0.449 e. The van der Waals surface area contributed by atoms with Gasteiger partial charge in [0, 0.05) is 18.7 Å². The third-order valence-electron chi connectivity index (χ3n) is 5.26. The number of ether oxygens (including phenoxy) is 2. The van der Waals surface area contributed by atoms with Gasteiger partial charge in [-0.1, -0.05) is 11.6 Å². The van der Waals surface area contributed by atoms with Gasteiger partial charge >= 0.3 is 12.2 Å². The van der Waals surface area contributed by atoms with Gasteiger partial charge in [0.15, 0.2) is 5.78 Å². The maximum Gasteiger partial charge on any atom is 0.415 e. The van der Waals surface area contributed by atoms with Crippen molar-refractivity contribution in [1.29, 1.82) is 0 Å². The van der Waals surface area contributed by atoms with Crippen LogP contribution in [0.25, 0.3) is 0 Å². The molecule has 0 spiro atoms. The van der Waals surface area contributed by atoms with Crippen molar-refractivity contribution >= 4 is 58.6 Å². The van der Waals surface area contributed by atoms with Gasteiger partial charge < -0.3 is 9.47 Å². The van der Waals surface area contributed by atoms with Crippen LogP contribution < -0.4 is 9.91 Å². The summed E-state index contributed by atoms with van der Waals surface area (Å²) in [7, 11) is 0. The van der Waals surface area contributed by atoms with Crippen LogP contribution in [0.3, 0.4) is 0 Å². The van der Waals surface area contributed by atoms with E-state index in [0.29, 0.717) is 47.6 Å². The van der Waals surface area contributed by atoms with Crippen molar-refractivity contribution in [2.45, 2.75) is 25.9 Å². The fourth-order valence-electron chi connectivity index (χ4n) is 3.55. The first-order valence-electron chi connectivity index (χ1n) is 10.6. The third-order valence-corrected chi connectivity index (χ3v) is 6.53. The van der Waals surface area contributed by atoms with Crippen molar-refractivity contribution in [3.8, 4) is 0 Å². The molecule has 11 heteroatoms. The first-order chi connectivity index (χ1) is 15.9. The Morgan fingerprint density at radius 1 is 1.18 bits per heavy atom. The number of hydrogen-bond donors (Lipinski definition) is 0. The second kappa shape index (κ2) is 10.2. The molecule has 1 aromatic carbocycles. The maximum atomic E-state index is 12.4. The smallest absolute Gasteiger partial charge is 0.415 e. The number of amides is 2. The molecular weight excluding hydrogens is 468 g/mol. The molecule has 0 radical (unpaired) electrons. The van der Waals surface area contributed by atoms with Gasteiger partial charge in [0.2, 0.25) is 0 Å². The van der Waals surface area contributed by atoms with Gasteiger partial charge in [-0.3, -0.25) is 19.6 Å². The number of thiophene rings is 1. The van der Waals surface area contributed by atoms with Gasteiger partial charge in [-0.15, -0.1) is 11.3 Å². The highest BCUT2D eigenvalue weighted by Crippen LogP contribution is 2.28. The number of halogens is 1. The van der Waals surface area contributed by atoms with E-state index in [1.807, 2.05) is 24.3 Å². The zero-order chi connectivity index (χ0) is 23.4. The number of Topliss-reactive ketones (excluding diaryl/α,β-unsaturated/α-hetero) is 1. The SMILES string of the molecule is CCOC(=O)N1C=NN(c2ccc(N3C[C@H](CCC(=O)c4ccc(Cl)s4)OC3=O)cc2)CC1. The summed E-state index contributed by atoms with van der Waals surface area (Å²) < 4.78 is 11.0. The number of rotatable bonds is 7. The number of nitrogens with zero attached hydrogens (tertiary/aromatic N) is 4. The van der Waals surface area contributed by atoms with E-state index in [2.05, 4.69) is 5.10 Å². The van der Waals surface area contributed by atoms with E-state index in [-0.39, 0.29) is 18.3 Å². The van der Waals surface area contributed by atoms with E-state index >= 15 is 0 Å². The number of carbonyl (C=O) groups excluding carboxylic acids is 3. The standard InChI is InChI=1S/C22H23ClN4O5S/c1-2-31-21(29)25-11-12-27(24-14-25)16-5-3-15(4-6-16)26-13-17(32-22(26)30)7-8-18(28)19-9-10-20(23)33-19/h3-6,9-10,14,17H,2,7-8,11-13H2,1H3/t17-/m0/s1. The number of hydrogen-bond acceptors (Lipinski definition) is 8. The number of ketones is 1. The van der Waals surface area contributed by atoms with Crippen molar-refractivity contribution in [2.24, 2.45) is 5.10 Å². The van der Waals surface area contributed by atoms with Crippen LogP contribution in [-0.4, -0.2) is 61.6 Å². The highest BCUT2D eigenvalue weighted by molar-refractivity contribution is 7.18. The summed E-state index contributed by atoms with van der Waals surface area (Å²) in [6.07, 6.45) is 0.992. The second-order valence-corrected chi connectivity index (χ2v) is 9.16. The first-order valence-corrected chi connectivity index (χ1v) is 11.8. The van der Waals surface area contributed by atoms with Crippen molar-refractivity contribution in [2.75, 3.05) is 36.1 Å². The van der Waals surface area contributed by atoms with Crippen molar-refractivity contribution in [3.63, 3.8) is 0 Å². The molecular formula is C22H23ClN4O5S. The molecule has 33 heavy (non-hydrogen) atoms. The van der Waals surface area contributed by atoms with Crippen LogP contribution in [-0.2, 0) is 9.47 Å². The average Bonchev–Trinajstić information content (AvgIpc) is 3.43. The van der Waals surface area contributed by atoms with Crippen LogP contribution in [0.1, 0.15) is 29.4 Å². The number of anilines is 2. The first kappa shape index (κ1) is 23.1. The zero-order valence-corrected chi connectivity index (χ0v) is 19.6. The molecule has 1 atom stereocenters. The van der Waals surface area contributed by atoms with Crippen LogP contribution >= 0.6 is 22.9 Å². The largest absolute Gasteiger partial charge is 0.449 e. The van der Waals surface area contributed by atoms with Crippen molar-refractivity contribution in [3.05, 3.63) is 45.6 Å². The van der Waals surface area contributed by atoms with E-state index in [0.717, 1.165) is 5.69 Å². The summed E-state index contributed by atoms with van der Waals surface area (Å²) in [5, 5.41) is 6.07. The van der Waals surface area contributed by atoms with E-state index < -0.39 is 12.2 Å². The molecule has 0 unspecified atom stereocenters. The maximum absolute atomic E-state index is 12.4. The van der Waals surface area contributed by atoms with Gasteiger partial charge in [-0.2, -0.15) is 5.10 Å². The molecule has 0 bridgehead atoms. The Hall–Kier alpha value is -3.11. The predicted octanol–water partition coefficient (Wildman–Crippen LogP) is 4.61. The Kier molecular flexibility index (Phi) is 7.14. The Morgan fingerprint density at radius 3 is 2.58 bits per heavy atom. The highest BCUT2D eigenvalue weighted by Gasteiger charge is 2.32. The Labute approximate surface area is 200 Å². The van der Waals surface area contributed by atoms with Crippen molar-refractivity contribution < 1.29 is 23.9 Å². The normalized spacial score (nSPS) is 17.9. The average molecular weight is 491 g/mol. The van der Waals surface area contributed by atoms with E-state index in [4.69, 9.17) is 21.1 Å². The van der Waals surface area contributed by atoms with E-state index in [9.17, 15) is 14.4 Å². The molecule has 1 aromatic heterocycles. The number of hydrazone groups is 1. The molecule has 1 fully saturated rings. The Morgan fingerprint density at radius 2 is 1.94 bits per heavy atom. The highest BCUT2D eigenvalue weighted by atomic mass is 35.5. The molecule has 9 nitrogen and oxygen atoms in total. The van der Waals surface area contributed by atoms with Gasteiger partial charge in [0.05, 0.1) is 34.6 Å². The van der Waals surface area contributed by atoms with Crippen LogP contribution in [0.15, 0.2) is 41.5 Å². The molecule has 0 N–H and O–H groups in total. The summed E-state index contributed by atoms with van der Waals surface area (Å²) in [5.74, 6) is -0.00522. The number of cyclic esters (lactones) is 1. The topological polar surface area (TPSA) is 91.8 Å². The van der Waals surface area contributed by atoms with Crippen LogP contribution in [0, 0.1) is 0 Å². The molecule has 2 aliphatic heterocycles. The summed E-state index contributed by atoms with van der Waals surface area (Å²) in [6, 6.07) is 10.8. The lowest BCUT2D eigenvalue weighted by atomic mass is 10.1. The molecule has 2 aromatic rings. The fraction of sp³-hybridized carbons (Fsp3) is 0.364. The van der Waals surface area contributed by atoms with Crippen LogP contribution in [0.2, 0.25) is 4.34 Å². The minimum atomic E-state index is -0.430. The summed E-state index contributed by atoms with van der Waals surface area (Å²) in [6.45, 7) is 3.43.